The van der Waals surface area contributed by atoms with E-state index in [9.17, 15) is 4.79 Å². The highest BCUT2D eigenvalue weighted by Gasteiger charge is 2.14. The molecular weight excluding hydrogens is 264 g/mol. The van der Waals surface area contributed by atoms with Gasteiger partial charge < -0.3 is 15.4 Å². The third-order valence-corrected chi connectivity index (χ3v) is 3.89. The van der Waals surface area contributed by atoms with Crippen LogP contribution in [0.3, 0.4) is 0 Å². The Morgan fingerprint density at radius 3 is 2.43 bits per heavy atom. The van der Waals surface area contributed by atoms with Crippen LogP contribution in [0.15, 0.2) is 24.3 Å². The maximum Gasteiger partial charge on any atom is 0.258 e. The van der Waals surface area contributed by atoms with Crippen molar-refractivity contribution < 1.29 is 9.53 Å². The molecule has 0 aliphatic heterocycles. The van der Waals surface area contributed by atoms with Crippen LogP contribution in [-0.4, -0.2) is 25.6 Å². The lowest BCUT2D eigenvalue weighted by Crippen LogP contribution is -2.37. The van der Waals surface area contributed by atoms with Crippen molar-refractivity contribution in [1.82, 2.24) is 10.6 Å². The van der Waals surface area contributed by atoms with E-state index in [1.54, 1.807) is 0 Å². The molecule has 1 aliphatic carbocycles. The van der Waals surface area contributed by atoms with Crippen LogP contribution in [0.25, 0.3) is 0 Å². The molecule has 4 nitrogen and oxygen atoms in total. The van der Waals surface area contributed by atoms with Crippen LogP contribution in [0, 0.1) is 0 Å². The van der Waals surface area contributed by atoms with Gasteiger partial charge in [-0.2, -0.15) is 0 Å². The van der Waals surface area contributed by atoms with Crippen molar-refractivity contribution in [2.45, 2.75) is 51.1 Å². The monoisotopic (exact) mass is 290 g/mol. The van der Waals surface area contributed by atoms with E-state index in [2.05, 4.69) is 10.6 Å². The Balaban J connectivity index is 1.72. The van der Waals surface area contributed by atoms with Crippen LogP contribution in [0.4, 0.5) is 0 Å². The molecule has 1 saturated carbocycles. The molecule has 0 saturated heterocycles. The standard InChI is InChI=1S/C17H26N2O2/c1-18-12-14-8-10-16(11-9-14)21-13-17(20)19-15-6-4-2-3-5-7-15/h8-11,15,18H,2-7,12-13H2,1H3,(H,19,20). The van der Waals surface area contributed by atoms with Gasteiger partial charge in [0.05, 0.1) is 0 Å². The zero-order valence-electron chi connectivity index (χ0n) is 12.9. The predicted octanol–water partition coefficient (Wildman–Crippen LogP) is 2.62. The molecular formula is C17H26N2O2. The summed E-state index contributed by atoms with van der Waals surface area (Å²) in [5.74, 6) is 0.729. The van der Waals surface area contributed by atoms with Crippen LogP contribution in [0.2, 0.25) is 0 Å². The van der Waals surface area contributed by atoms with E-state index >= 15 is 0 Å². The Hall–Kier alpha value is -1.55. The molecule has 0 radical (unpaired) electrons. The summed E-state index contributed by atoms with van der Waals surface area (Å²) >= 11 is 0. The van der Waals surface area contributed by atoms with Crippen molar-refractivity contribution in [2.24, 2.45) is 0 Å². The number of hydrogen-bond acceptors (Lipinski definition) is 3. The van der Waals surface area contributed by atoms with E-state index in [1.807, 2.05) is 31.3 Å². The third-order valence-electron chi connectivity index (χ3n) is 3.89. The van der Waals surface area contributed by atoms with Crippen LogP contribution in [0.1, 0.15) is 44.1 Å². The van der Waals surface area contributed by atoms with Gasteiger partial charge in [-0.3, -0.25) is 4.79 Å². The molecule has 1 fully saturated rings. The Kier molecular flexibility index (Phi) is 6.54. The SMILES string of the molecule is CNCc1ccc(OCC(=O)NC2CCCCCC2)cc1. The van der Waals surface area contributed by atoms with Crippen molar-refractivity contribution in [2.75, 3.05) is 13.7 Å². The molecule has 1 amide bonds. The minimum absolute atomic E-state index is 0.0128. The second-order valence-electron chi connectivity index (χ2n) is 5.72. The highest BCUT2D eigenvalue weighted by atomic mass is 16.5. The van der Waals surface area contributed by atoms with Gasteiger partial charge in [0.15, 0.2) is 6.61 Å². The molecule has 2 N–H and O–H groups in total. The molecule has 0 heterocycles. The van der Waals surface area contributed by atoms with Gasteiger partial charge in [0.25, 0.3) is 5.91 Å². The minimum Gasteiger partial charge on any atom is -0.484 e. The van der Waals surface area contributed by atoms with Crippen LogP contribution in [-0.2, 0) is 11.3 Å². The summed E-state index contributed by atoms with van der Waals surface area (Å²) in [6, 6.07) is 8.17. The molecule has 116 valence electrons. The number of hydrogen-bond donors (Lipinski definition) is 2. The van der Waals surface area contributed by atoms with E-state index < -0.39 is 0 Å². The summed E-state index contributed by atoms with van der Waals surface area (Å²) in [5.41, 5.74) is 1.20. The van der Waals surface area contributed by atoms with Gasteiger partial charge >= 0.3 is 0 Å². The fraction of sp³-hybridized carbons (Fsp3) is 0.588. The lowest BCUT2D eigenvalue weighted by molar-refractivity contribution is -0.123. The average Bonchev–Trinajstić information content (AvgIpc) is 2.75. The number of amides is 1. The summed E-state index contributed by atoms with van der Waals surface area (Å²) in [6.07, 6.45) is 7.23. The number of ether oxygens (including phenoxy) is 1. The lowest BCUT2D eigenvalue weighted by atomic mass is 10.1. The summed E-state index contributed by atoms with van der Waals surface area (Å²) in [7, 11) is 1.92. The number of carbonyl (C=O) groups is 1. The number of rotatable bonds is 6. The fourth-order valence-corrected chi connectivity index (χ4v) is 2.75. The minimum atomic E-state index is -0.0128. The lowest BCUT2D eigenvalue weighted by Gasteiger charge is -2.16. The largest absolute Gasteiger partial charge is 0.484 e. The van der Waals surface area contributed by atoms with E-state index in [1.165, 1.54) is 31.2 Å². The number of nitrogens with one attached hydrogen (secondary N) is 2. The van der Waals surface area contributed by atoms with Gasteiger partial charge in [0.2, 0.25) is 0 Å². The molecule has 2 rings (SSSR count). The first-order valence-electron chi connectivity index (χ1n) is 7.93. The second kappa shape index (κ2) is 8.67. The first kappa shape index (κ1) is 15.8. The molecule has 4 heteroatoms. The van der Waals surface area contributed by atoms with Gasteiger partial charge in [0.1, 0.15) is 5.75 Å². The quantitative estimate of drug-likeness (QED) is 0.792. The highest BCUT2D eigenvalue weighted by molar-refractivity contribution is 5.77. The van der Waals surface area contributed by atoms with Crippen molar-refractivity contribution in [1.29, 1.82) is 0 Å². The second-order valence-corrected chi connectivity index (χ2v) is 5.72. The smallest absolute Gasteiger partial charge is 0.258 e. The fourth-order valence-electron chi connectivity index (χ4n) is 2.75. The maximum absolute atomic E-state index is 11.9. The summed E-state index contributed by atoms with van der Waals surface area (Å²) in [4.78, 5) is 11.9. The first-order valence-corrected chi connectivity index (χ1v) is 7.93. The van der Waals surface area contributed by atoms with E-state index in [0.717, 1.165) is 25.1 Å². The molecule has 0 spiro atoms. The van der Waals surface area contributed by atoms with Crippen molar-refractivity contribution in [3.05, 3.63) is 29.8 Å². The molecule has 0 atom stereocenters. The maximum atomic E-state index is 11.9. The Labute approximate surface area is 127 Å². The molecule has 0 bridgehead atoms. The topological polar surface area (TPSA) is 50.4 Å². The predicted molar refractivity (Wildman–Crippen MR) is 84.3 cm³/mol. The molecule has 1 aliphatic rings. The highest BCUT2D eigenvalue weighted by Crippen LogP contribution is 2.17. The van der Waals surface area contributed by atoms with Gasteiger partial charge in [-0.1, -0.05) is 37.8 Å². The molecule has 1 aromatic carbocycles. The summed E-state index contributed by atoms with van der Waals surface area (Å²) in [6.45, 7) is 0.935. The zero-order valence-corrected chi connectivity index (χ0v) is 12.9. The van der Waals surface area contributed by atoms with Gasteiger partial charge in [-0.25, -0.2) is 0 Å². The van der Waals surface area contributed by atoms with Crippen LogP contribution in [0.5, 0.6) is 5.75 Å². The van der Waals surface area contributed by atoms with Crippen molar-refractivity contribution in [3.8, 4) is 5.75 Å². The Morgan fingerprint density at radius 1 is 1.14 bits per heavy atom. The van der Waals surface area contributed by atoms with Crippen LogP contribution >= 0.6 is 0 Å². The number of carbonyl (C=O) groups excluding carboxylic acids is 1. The molecule has 0 unspecified atom stereocenters. The molecule has 21 heavy (non-hydrogen) atoms. The number of benzene rings is 1. The Bertz CT molecular complexity index is 423. The van der Waals surface area contributed by atoms with E-state index in [4.69, 9.17) is 4.74 Å². The van der Waals surface area contributed by atoms with E-state index in [-0.39, 0.29) is 12.5 Å². The van der Waals surface area contributed by atoms with Crippen LogP contribution < -0.4 is 15.4 Å². The third kappa shape index (κ3) is 5.76. The molecule has 1 aromatic rings. The summed E-state index contributed by atoms with van der Waals surface area (Å²) < 4.78 is 5.54. The van der Waals surface area contributed by atoms with Gasteiger partial charge in [-0.05, 0) is 37.6 Å². The normalized spacial score (nSPS) is 16.2. The average molecular weight is 290 g/mol. The van der Waals surface area contributed by atoms with Crippen molar-refractivity contribution in [3.63, 3.8) is 0 Å². The van der Waals surface area contributed by atoms with E-state index in [0.29, 0.717) is 6.04 Å². The Morgan fingerprint density at radius 2 is 1.81 bits per heavy atom. The van der Waals surface area contributed by atoms with Gasteiger partial charge in [-0.15, -0.1) is 0 Å². The van der Waals surface area contributed by atoms with Crippen molar-refractivity contribution >= 4 is 5.91 Å². The zero-order chi connectivity index (χ0) is 14.9. The summed E-state index contributed by atoms with van der Waals surface area (Å²) in [5, 5.41) is 6.19. The molecule has 0 aromatic heterocycles. The first-order chi connectivity index (χ1) is 10.3. The van der Waals surface area contributed by atoms with Gasteiger partial charge in [0, 0.05) is 12.6 Å².